The zero-order valence-corrected chi connectivity index (χ0v) is 44.3. The van der Waals surface area contributed by atoms with Crippen LogP contribution < -0.4 is 0 Å². The highest BCUT2D eigenvalue weighted by Gasteiger charge is 2.31. The lowest BCUT2D eigenvalue weighted by atomic mass is 9.89. The van der Waals surface area contributed by atoms with Crippen LogP contribution in [-0.2, 0) is 6.18 Å². The highest BCUT2D eigenvalue weighted by molar-refractivity contribution is 6.14. The number of nitrogens with zero attached hydrogens (tertiary/aromatic N) is 3. The van der Waals surface area contributed by atoms with Gasteiger partial charge >= 0.3 is 6.18 Å². The summed E-state index contributed by atoms with van der Waals surface area (Å²) in [6, 6.07) is 76.7. The number of aryl methyl sites for hydroxylation is 5. The van der Waals surface area contributed by atoms with Crippen LogP contribution in [0.5, 0.6) is 0 Å². The lowest BCUT2D eigenvalue weighted by molar-refractivity contribution is -0.137. The molecule has 0 saturated heterocycles. The van der Waals surface area contributed by atoms with Crippen LogP contribution >= 0.6 is 0 Å². The van der Waals surface area contributed by atoms with Gasteiger partial charge in [-0.15, -0.1) is 0 Å². The van der Waals surface area contributed by atoms with Crippen molar-refractivity contribution in [3.8, 4) is 78.1 Å². The Kier molecular flexibility index (Phi) is 11.8. The fourth-order valence-electron chi connectivity index (χ4n) is 12.1. The van der Waals surface area contributed by atoms with Crippen molar-refractivity contribution in [1.82, 2.24) is 9.13 Å². The Hall–Kier alpha value is -9.70. The predicted molar refractivity (Wildman–Crippen MR) is 323 cm³/mol. The van der Waals surface area contributed by atoms with E-state index < -0.39 is 11.7 Å². The van der Waals surface area contributed by atoms with Crippen molar-refractivity contribution in [1.29, 1.82) is 0 Å². The highest BCUT2D eigenvalue weighted by atomic mass is 19.4. The van der Waals surface area contributed by atoms with Crippen molar-refractivity contribution in [2.45, 2.75) is 40.8 Å². The molecule has 0 aliphatic carbocycles. The third kappa shape index (κ3) is 8.38. The average molecular weight is 1030 g/mol. The molecule has 0 aliphatic rings. The summed E-state index contributed by atoms with van der Waals surface area (Å²) in [4.78, 5) is 4.01. The van der Waals surface area contributed by atoms with Gasteiger partial charge in [-0.2, -0.15) is 13.2 Å². The third-order valence-corrected chi connectivity index (χ3v) is 16.1. The Morgan fingerprint density at radius 2 is 0.734 bits per heavy atom. The van der Waals surface area contributed by atoms with Crippen LogP contribution in [0.3, 0.4) is 0 Å². The van der Waals surface area contributed by atoms with Crippen LogP contribution in [0, 0.1) is 41.2 Å². The third-order valence-electron chi connectivity index (χ3n) is 16.1. The molecule has 0 saturated carbocycles. The molecule has 79 heavy (non-hydrogen) atoms. The second-order valence-electron chi connectivity index (χ2n) is 20.9. The first-order chi connectivity index (χ1) is 38.3. The van der Waals surface area contributed by atoms with Crippen molar-refractivity contribution in [2.75, 3.05) is 0 Å². The van der Waals surface area contributed by atoms with Gasteiger partial charge in [0, 0.05) is 27.2 Å². The zero-order chi connectivity index (χ0) is 54.3. The molecule has 3 nitrogen and oxygen atoms in total. The SMILES string of the molecule is [C-]#[N+]c1ccc(-n2c3ccc(-c4ccccc4C)cc3c3cc(-c4ccccc4C)ccc32)c(-c2cc(-n3c4ccc(-c5ccccc5C)cc4c4cc(-c5ccccc5C)ccc43)ccc2-c2ccc(C(F)(F)F)cc2C)c1. The van der Waals surface area contributed by atoms with Crippen molar-refractivity contribution in [3.63, 3.8) is 0 Å². The maximum atomic E-state index is 14.4. The fraction of sp³-hybridized carbons (Fsp3) is 0.0822. The van der Waals surface area contributed by atoms with Gasteiger partial charge in [-0.25, -0.2) is 4.85 Å². The number of rotatable bonds is 8. The summed E-state index contributed by atoms with van der Waals surface area (Å²) >= 11 is 0. The minimum Gasteiger partial charge on any atom is -0.309 e. The van der Waals surface area contributed by atoms with Gasteiger partial charge in [0.2, 0.25) is 0 Å². The largest absolute Gasteiger partial charge is 0.416 e. The smallest absolute Gasteiger partial charge is 0.309 e. The Bertz CT molecular complexity index is 4470. The van der Waals surface area contributed by atoms with Crippen molar-refractivity contribution in [2.24, 2.45) is 0 Å². The van der Waals surface area contributed by atoms with E-state index in [0.717, 1.165) is 116 Å². The van der Waals surface area contributed by atoms with Crippen LogP contribution in [0.1, 0.15) is 33.4 Å². The van der Waals surface area contributed by atoms with E-state index in [9.17, 15) is 13.2 Å². The first-order valence-corrected chi connectivity index (χ1v) is 26.6. The molecule has 0 spiro atoms. The summed E-state index contributed by atoms with van der Waals surface area (Å²) in [5.74, 6) is 0. The van der Waals surface area contributed by atoms with Crippen LogP contribution in [0.15, 0.2) is 224 Å². The van der Waals surface area contributed by atoms with Gasteiger partial charge in [0.15, 0.2) is 5.69 Å². The van der Waals surface area contributed by atoms with Gasteiger partial charge in [-0.3, -0.25) is 0 Å². The number of alkyl halides is 3. The van der Waals surface area contributed by atoms with Crippen molar-refractivity contribution in [3.05, 3.63) is 269 Å². The fourth-order valence-corrected chi connectivity index (χ4v) is 12.1. The van der Waals surface area contributed by atoms with Crippen LogP contribution in [0.25, 0.3) is 127 Å². The van der Waals surface area contributed by atoms with E-state index in [4.69, 9.17) is 6.57 Å². The van der Waals surface area contributed by atoms with Gasteiger partial charge in [0.1, 0.15) is 0 Å². The molecule has 11 aromatic carbocycles. The van der Waals surface area contributed by atoms with Gasteiger partial charge < -0.3 is 9.13 Å². The Morgan fingerprint density at radius 3 is 1.13 bits per heavy atom. The lowest BCUT2D eigenvalue weighted by Crippen LogP contribution is -2.05. The molecule has 6 heteroatoms. The second-order valence-corrected chi connectivity index (χ2v) is 20.9. The maximum Gasteiger partial charge on any atom is 0.416 e. The van der Waals surface area contributed by atoms with E-state index in [-0.39, 0.29) is 0 Å². The molecule has 2 aromatic heterocycles. The van der Waals surface area contributed by atoms with Crippen molar-refractivity contribution >= 4 is 49.3 Å². The van der Waals surface area contributed by atoms with Crippen LogP contribution in [0.4, 0.5) is 18.9 Å². The van der Waals surface area contributed by atoms with Crippen molar-refractivity contribution < 1.29 is 13.2 Å². The van der Waals surface area contributed by atoms with E-state index in [1.54, 1.807) is 13.0 Å². The summed E-state index contributed by atoms with van der Waals surface area (Å²) in [6.07, 6.45) is -4.52. The standard InChI is InChI=1S/C73H52F3N3/c1-44-15-7-11-19-56(44)49-23-32-68-63(38-49)64-39-50(57-20-12-8-16-45(57)2)24-33-69(64)78(68)55-29-31-61(60-30-27-53(37-48(60)5)73(74,75)76)62(43-55)67-42-54(77-6)28-36-72(67)79-70-34-25-51(58-21-13-9-17-46(58)3)40-65(70)66-41-52(26-35-71(66)79)59-22-14-10-18-47(59)4/h7-43H,1-5H3. The maximum absolute atomic E-state index is 14.4. The van der Waals surface area contributed by atoms with Gasteiger partial charge in [0.25, 0.3) is 0 Å². The van der Waals surface area contributed by atoms with E-state index >= 15 is 0 Å². The zero-order valence-electron chi connectivity index (χ0n) is 44.3. The topological polar surface area (TPSA) is 14.2 Å². The van der Waals surface area contributed by atoms with E-state index in [1.165, 1.54) is 34.4 Å². The molecule has 13 rings (SSSR count). The first kappa shape index (κ1) is 48.9. The molecule has 0 fully saturated rings. The molecule has 0 amide bonds. The van der Waals surface area contributed by atoms with E-state index in [2.05, 4.69) is 224 Å². The Labute approximate surface area is 457 Å². The summed E-state index contributed by atoms with van der Waals surface area (Å²) in [5.41, 5.74) is 22.6. The predicted octanol–water partition coefficient (Wildman–Crippen LogP) is 21.0. The normalized spacial score (nSPS) is 11.8. The molecule has 380 valence electrons. The second kappa shape index (κ2) is 19.1. The number of fused-ring (bicyclic) bond motifs is 6. The number of hydrogen-bond acceptors (Lipinski definition) is 0. The molecular formula is C73H52F3N3. The quantitative estimate of drug-likeness (QED) is 0.135. The van der Waals surface area contributed by atoms with Crippen LogP contribution in [0.2, 0.25) is 0 Å². The summed E-state index contributed by atoms with van der Waals surface area (Å²) < 4.78 is 47.8. The summed E-state index contributed by atoms with van der Waals surface area (Å²) in [6.45, 7) is 18.7. The average Bonchev–Trinajstić information content (AvgIpc) is 4.21. The molecular weight excluding hydrogens is 976 g/mol. The monoisotopic (exact) mass is 1030 g/mol. The molecule has 0 radical (unpaired) electrons. The van der Waals surface area contributed by atoms with E-state index in [1.807, 2.05) is 24.3 Å². The molecule has 0 aliphatic heterocycles. The number of benzene rings is 11. The molecule has 13 aromatic rings. The van der Waals surface area contributed by atoms with Gasteiger partial charge in [-0.1, -0.05) is 140 Å². The van der Waals surface area contributed by atoms with Gasteiger partial charge in [0.05, 0.1) is 39.9 Å². The molecule has 0 unspecified atom stereocenters. The lowest BCUT2D eigenvalue weighted by Gasteiger charge is -2.21. The number of aromatic nitrogens is 2. The summed E-state index contributed by atoms with van der Waals surface area (Å²) in [5, 5.41) is 4.32. The minimum absolute atomic E-state index is 0.438. The summed E-state index contributed by atoms with van der Waals surface area (Å²) in [7, 11) is 0. The Morgan fingerprint density at radius 1 is 0.329 bits per heavy atom. The minimum atomic E-state index is -4.52. The first-order valence-electron chi connectivity index (χ1n) is 26.6. The number of halogens is 3. The molecule has 0 bridgehead atoms. The van der Waals surface area contributed by atoms with E-state index in [0.29, 0.717) is 16.8 Å². The number of hydrogen-bond donors (Lipinski definition) is 0. The molecule has 2 heterocycles. The molecule has 0 N–H and O–H groups in total. The van der Waals surface area contributed by atoms with Gasteiger partial charge in [-0.05, 0) is 214 Å². The highest BCUT2D eigenvalue weighted by Crippen LogP contribution is 2.47. The molecule has 0 atom stereocenters. The Balaban J connectivity index is 1.11. The van der Waals surface area contributed by atoms with Crippen LogP contribution in [-0.4, -0.2) is 9.13 Å².